The van der Waals surface area contributed by atoms with E-state index in [1.165, 1.54) is 315 Å². The zero-order chi connectivity index (χ0) is 50.7. The van der Waals surface area contributed by atoms with Gasteiger partial charge in [0, 0.05) is 6.42 Å². The molecule has 0 heterocycles. The molecule has 0 saturated heterocycles. The van der Waals surface area contributed by atoms with Crippen molar-refractivity contribution in [3.8, 4) is 0 Å². The van der Waals surface area contributed by atoms with Crippen molar-refractivity contribution in [1.82, 2.24) is 5.32 Å². The zero-order valence-electron chi connectivity index (χ0n) is 47.9. The van der Waals surface area contributed by atoms with Gasteiger partial charge >= 0.3 is 0 Å². The Hall–Kier alpha value is -0.910. The van der Waals surface area contributed by atoms with Crippen molar-refractivity contribution < 1.29 is 20.1 Å². The summed E-state index contributed by atoms with van der Waals surface area (Å²) in [6.45, 7) is 4.23. The monoisotopic (exact) mass is 988 g/mol. The molecule has 5 nitrogen and oxygen atoms in total. The van der Waals surface area contributed by atoms with Crippen LogP contribution in [0.2, 0.25) is 0 Å². The summed E-state index contributed by atoms with van der Waals surface area (Å²) >= 11 is 0. The van der Waals surface area contributed by atoms with Crippen LogP contribution in [-0.4, -0.2) is 46.1 Å². The fourth-order valence-corrected chi connectivity index (χ4v) is 10.6. The highest BCUT2D eigenvalue weighted by molar-refractivity contribution is 5.76. The van der Waals surface area contributed by atoms with Crippen LogP contribution in [0, 0.1) is 0 Å². The first-order chi connectivity index (χ1) is 34.6. The maximum atomic E-state index is 12.5. The van der Waals surface area contributed by atoms with Gasteiger partial charge in [-0.15, -0.1) is 0 Å². The summed E-state index contributed by atoms with van der Waals surface area (Å²) in [5.41, 5.74) is 0. The average Bonchev–Trinajstić information content (AvgIpc) is 3.36. The summed E-state index contributed by atoms with van der Waals surface area (Å²) in [5.74, 6) is -0.136. The van der Waals surface area contributed by atoms with Crippen LogP contribution >= 0.6 is 0 Å². The Bertz CT molecular complexity index is 1000. The zero-order valence-corrected chi connectivity index (χ0v) is 47.9. The van der Waals surface area contributed by atoms with E-state index in [4.69, 9.17) is 0 Å². The molecule has 70 heavy (non-hydrogen) atoms. The highest BCUT2D eigenvalue weighted by Gasteiger charge is 2.26. The number of nitrogens with one attached hydrogen (secondary N) is 1. The first-order valence-corrected chi connectivity index (χ1v) is 32.5. The van der Waals surface area contributed by atoms with Crippen LogP contribution in [0.3, 0.4) is 0 Å². The molecule has 0 aliphatic rings. The van der Waals surface area contributed by atoms with Crippen molar-refractivity contribution in [3.63, 3.8) is 0 Å². The van der Waals surface area contributed by atoms with Gasteiger partial charge in [-0.1, -0.05) is 341 Å². The van der Waals surface area contributed by atoms with Gasteiger partial charge in [0.05, 0.1) is 18.8 Å². The molecule has 0 aromatic carbocycles. The molecular weight excluding hydrogens is 859 g/mol. The maximum absolute atomic E-state index is 12.5. The van der Waals surface area contributed by atoms with Gasteiger partial charge in [0.2, 0.25) is 5.91 Å². The summed E-state index contributed by atoms with van der Waals surface area (Å²) in [6.07, 6.45) is 77.0. The van der Waals surface area contributed by atoms with E-state index in [0.717, 1.165) is 32.1 Å². The fourth-order valence-electron chi connectivity index (χ4n) is 10.6. The molecule has 4 N–H and O–H groups in total. The summed E-state index contributed by atoms with van der Waals surface area (Å²) < 4.78 is 0. The lowest BCUT2D eigenvalue weighted by Crippen LogP contribution is -2.50. The smallest absolute Gasteiger partial charge is 0.220 e. The molecule has 3 atom stereocenters. The second kappa shape index (κ2) is 60.6. The number of carbonyl (C=O) groups excluding carboxylic acids is 1. The topological polar surface area (TPSA) is 89.8 Å². The van der Waals surface area contributed by atoms with E-state index in [0.29, 0.717) is 12.8 Å². The molecule has 1 amide bonds. The number of rotatable bonds is 61. The van der Waals surface area contributed by atoms with E-state index < -0.39 is 18.2 Å². The third-order valence-electron chi connectivity index (χ3n) is 15.6. The van der Waals surface area contributed by atoms with E-state index in [1.54, 1.807) is 0 Å². The first-order valence-electron chi connectivity index (χ1n) is 32.5. The summed E-state index contributed by atoms with van der Waals surface area (Å²) in [7, 11) is 0. The molecule has 0 aromatic heterocycles. The standard InChI is InChI=1S/C65H129NO4/c1-3-5-7-9-11-13-15-17-19-21-23-24-25-26-27-28-29-30-31-32-33-34-35-36-37-38-39-40-42-44-46-48-50-52-54-56-58-60-64(69)66-62(61-67)65(70)63(68)59-57-55-53-51-49-47-45-43-41-22-20-18-16-14-12-10-8-6-4-2/h30-31,62-63,65,67-68,70H,3-29,32-61H2,1-2H3,(H,66,69)/b31-30-. The number of amides is 1. The van der Waals surface area contributed by atoms with Crippen molar-refractivity contribution in [2.75, 3.05) is 6.61 Å². The SMILES string of the molecule is CCCCCCCCCCCCCCCCCC/C=C\CCCCCCCCCCCCCCCCCCCC(=O)NC(CO)C(O)C(O)CCCCCCCCCCCCCCCCCCCCC. The lowest BCUT2D eigenvalue weighted by Gasteiger charge is -2.26. The van der Waals surface area contributed by atoms with Crippen molar-refractivity contribution in [1.29, 1.82) is 0 Å². The molecule has 5 heteroatoms. The number of allylic oxidation sites excluding steroid dienone is 2. The first kappa shape index (κ1) is 69.1. The Morgan fingerprint density at radius 3 is 0.829 bits per heavy atom. The highest BCUT2D eigenvalue weighted by atomic mass is 16.3. The van der Waals surface area contributed by atoms with Crippen LogP contribution in [0.15, 0.2) is 12.2 Å². The number of carbonyl (C=O) groups is 1. The Morgan fingerprint density at radius 1 is 0.343 bits per heavy atom. The van der Waals surface area contributed by atoms with E-state index >= 15 is 0 Å². The van der Waals surface area contributed by atoms with Gasteiger partial charge < -0.3 is 20.6 Å². The van der Waals surface area contributed by atoms with Crippen LogP contribution in [0.5, 0.6) is 0 Å². The predicted octanol–water partition coefficient (Wildman–Crippen LogP) is 20.6. The van der Waals surface area contributed by atoms with Crippen LogP contribution in [0.4, 0.5) is 0 Å². The molecule has 0 rings (SSSR count). The second-order valence-corrected chi connectivity index (χ2v) is 22.7. The largest absolute Gasteiger partial charge is 0.394 e. The molecule has 0 radical (unpaired) electrons. The van der Waals surface area contributed by atoms with Crippen molar-refractivity contribution in [3.05, 3.63) is 12.2 Å². The van der Waals surface area contributed by atoms with Gasteiger partial charge in [-0.2, -0.15) is 0 Å². The normalized spacial score (nSPS) is 13.2. The van der Waals surface area contributed by atoms with Gasteiger partial charge in [0.25, 0.3) is 0 Å². The maximum Gasteiger partial charge on any atom is 0.220 e. The van der Waals surface area contributed by atoms with Crippen LogP contribution in [-0.2, 0) is 4.79 Å². The van der Waals surface area contributed by atoms with Gasteiger partial charge in [0.1, 0.15) is 6.10 Å². The second-order valence-electron chi connectivity index (χ2n) is 22.7. The molecule has 3 unspecified atom stereocenters. The van der Waals surface area contributed by atoms with E-state index in [9.17, 15) is 20.1 Å². The summed E-state index contributed by atoms with van der Waals surface area (Å²) in [6, 6.07) is -0.807. The molecule has 0 fully saturated rings. The minimum Gasteiger partial charge on any atom is -0.394 e. The molecule has 0 aliphatic carbocycles. The predicted molar refractivity (Wildman–Crippen MR) is 310 cm³/mol. The van der Waals surface area contributed by atoms with Gasteiger partial charge in [-0.3, -0.25) is 4.79 Å². The molecular formula is C65H129NO4. The molecule has 0 bridgehead atoms. The Labute approximate surface area is 440 Å². The van der Waals surface area contributed by atoms with Gasteiger partial charge in [0.15, 0.2) is 0 Å². The quantitative estimate of drug-likeness (QED) is 0.0361. The third kappa shape index (κ3) is 54.9. The summed E-state index contributed by atoms with van der Waals surface area (Å²) in [4.78, 5) is 12.5. The number of aliphatic hydroxyl groups excluding tert-OH is 3. The van der Waals surface area contributed by atoms with Crippen molar-refractivity contribution in [2.45, 2.75) is 392 Å². The Balaban J connectivity index is 3.44. The third-order valence-corrected chi connectivity index (χ3v) is 15.6. The molecule has 0 saturated carbocycles. The number of aliphatic hydroxyl groups is 3. The molecule has 0 spiro atoms. The van der Waals surface area contributed by atoms with E-state index in [2.05, 4.69) is 31.3 Å². The van der Waals surface area contributed by atoms with Gasteiger partial charge in [-0.05, 0) is 38.5 Å². The van der Waals surface area contributed by atoms with E-state index in [1.807, 2.05) is 0 Å². The average molecular weight is 989 g/mol. The fraction of sp³-hybridized carbons (Fsp3) is 0.954. The van der Waals surface area contributed by atoms with Gasteiger partial charge in [-0.25, -0.2) is 0 Å². The lowest BCUT2D eigenvalue weighted by molar-refractivity contribution is -0.124. The number of hydrogen-bond donors (Lipinski definition) is 4. The molecule has 0 aromatic rings. The number of unbranched alkanes of at least 4 members (excludes halogenated alkanes) is 51. The minimum absolute atomic E-state index is 0.136. The van der Waals surface area contributed by atoms with Crippen molar-refractivity contribution in [2.24, 2.45) is 0 Å². The Kier molecular flexibility index (Phi) is 59.9. The van der Waals surface area contributed by atoms with Crippen LogP contribution < -0.4 is 5.32 Å². The lowest BCUT2D eigenvalue weighted by atomic mass is 9.99. The van der Waals surface area contributed by atoms with Crippen LogP contribution in [0.25, 0.3) is 0 Å². The van der Waals surface area contributed by atoms with Crippen LogP contribution in [0.1, 0.15) is 373 Å². The van der Waals surface area contributed by atoms with Crippen molar-refractivity contribution >= 4 is 5.91 Å². The Morgan fingerprint density at radius 2 is 0.571 bits per heavy atom. The summed E-state index contributed by atoms with van der Waals surface area (Å²) in [5, 5.41) is 33.9. The number of hydrogen-bond acceptors (Lipinski definition) is 4. The molecule has 0 aliphatic heterocycles. The van der Waals surface area contributed by atoms with E-state index in [-0.39, 0.29) is 12.5 Å². The highest BCUT2D eigenvalue weighted by Crippen LogP contribution is 2.19. The minimum atomic E-state index is -1.13. The molecule has 418 valence electrons.